The van der Waals surface area contributed by atoms with E-state index in [2.05, 4.69) is 42.2 Å². The Morgan fingerprint density at radius 2 is 2.00 bits per heavy atom. The maximum Gasteiger partial charge on any atom is 0.242 e. The van der Waals surface area contributed by atoms with Gasteiger partial charge in [0, 0.05) is 31.0 Å². The van der Waals surface area contributed by atoms with E-state index in [-0.39, 0.29) is 5.91 Å². The summed E-state index contributed by atoms with van der Waals surface area (Å²) in [6, 6.07) is 12.4. The van der Waals surface area contributed by atoms with Gasteiger partial charge in [0.05, 0.1) is 24.2 Å². The van der Waals surface area contributed by atoms with E-state index >= 15 is 0 Å². The number of aryl methyl sites for hydroxylation is 1. The van der Waals surface area contributed by atoms with Crippen LogP contribution in [0.2, 0.25) is 0 Å². The van der Waals surface area contributed by atoms with Crippen molar-refractivity contribution < 1.29 is 9.53 Å². The van der Waals surface area contributed by atoms with Crippen LogP contribution in [0.5, 0.6) is 0 Å². The quantitative estimate of drug-likeness (QED) is 0.739. The number of ether oxygens (including phenoxy) is 1. The van der Waals surface area contributed by atoms with Gasteiger partial charge in [-0.2, -0.15) is 0 Å². The van der Waals surface area contributed by atoms with Crippen molar-refractivity contribution in [2.24, 2.45) is 0 Å². The van der Waals surface area contributed by atoms with E-state index in [1.54, 1.807) is 0 Å². The lowest BCUT2D eigenvalue weighted by molar-refractivity contribution is -0.135. The summed E-state index contributed by atoms with van der Waals surface area (Å²) in [5.74, 6) is 0.127. The van der Waals surface area contributed by atoms with E-state index in [0.717, 1.165) is 22.2 Å². The number of rotatable bonds is 3. The summed E-state index contributed by atoms with van der Waals surface area (Å²) in [5, 5.41) is 0. The molecule has 1 aliphatic rings. The van der Waals surface area contributed by atoms with Crippen LogP contribution in [0.15, 0.2) is 48.8 Å². The molecule has 3 aromatic rings. The van der Waals surface area contributed by atoms with Gasteiger partial charge in [0.15, 0.2) is 0 Å². The van der Waals surface area contributed by atoms with Crippen LogP contribution in [-0.2, 0) is 16.1 Å². The minimum atomic E-state index is 0.127. The molecule has 0 aliphatic carbocycles. The number of amides is 1. The average Bonchev–Trinajstić information content (AvgIpc) is 3.04. The van der Waals surface area contributed by atoms with Gasteiger partial charge in [-0.25, -0.2) is 0 Å². The van der Waals surface area contributed by atoms with Gasteiger partial charge in [-0.3, -0.25) is 9.78 Å². The third-order valence-electron chi connectivity index (χ3n) is 4.64. The first-order chi connectivity index (χ1) is 12.2. The summed E-state index contributed by atoms with van der Waals surface area (Å²) in [4.78, 5) is 19.0. The molecule has 1 amide bonds. The summed E-state index contributed by atoms with van der Waals surface area (Å²) in [5.41, 5.74) is 5.32. The van der Waals surface area contributed by atoms with Crippen LogP contribution >= 0.6 is 0 Å². The maximum atomic E-state index is 12.5. The third-order valence-corrected chi connectivity index (χ3v) is 4.64. The molecule has 1 saturated heterocycles. The van der Waals surface area contributed by atoms with Gasteiger partial charge in [-0.05, 0) is 24.6 Å². The Bertz CT molecular complexity index is 910. The molecule has 0 spiro atoms. The van der Waals surface area contributed by atoms with Gasteiger partial charge in [0.2, 0.25) is 5.91 Å². The Morgan fingerprint density at radius 1 is 1.16 bits per heavy atom. The molecule has 2 aromatic heterocycles. The van der Waals surface area contributed by atoms with Crippen molar-refractivity contribution in [2.75, 3.05) is 26.3 Å². The summed E-state index contributed by atoms with van der Waals surface area (Å²) in [6.45, 7) is 5.01. The SMILES string of the molecule is Cc1cccc(-c2cnc3ccn(CC(=O)N4CCOCC4)c3c2)c1. The normalized spacial score (nSPS) is 14.8. The monoisotopic (exact) mass is 335 g/mol. The number of carbonyl (C=O) groups is 1. The molecule has 0 radical (unpaired) electrons. The minimum Gasteiger partial charge on any atom is -0.378 e. The number of hydrogen-bond donors (Lipinski definition) is 0. The Labute approximate surface area is 146 Å². The zero-order chi connectivity index (χ0) is 17.2. The number of hydrogen-bond acceptors (Lipinski definition) is 3. The number of fused-ring (bicyclic) bond motifs is 1. The zero-order valence-corrected chi connectivity index (χ0v) is 14.3. The van der Waals surface area contributed by atoms with Crippen LogP contribution in [0.1, 0.15) is 5.56 Å². The fourth-order valence-corrected chi connectivity index (χ4v) is 3.24. The standard InChI is InChI=1S/C20H21N3O2/c1-15-3-2-4-16(11-15)17-12-19-18(21-13-17)5-6-23(19)14-20(24)22-7-9-25-10-8-22/h2-6,11-13H,7-10,14H2,1H3. The molecule has 25 heavy (non-hydrogen) atoms. The molecule has 0 unspecified atom stereocenters. The van der Waals surface area contributed by atoms with Gasteiger partial charge >= 0.3 is 0 Å². The van der Waals surface area contributed by atoms with Crippen molar-refractivity contribution in [3.8, 4) is 11.1 Å². The molecule has 5 nitrogen and oxygen atoms in total. The smallest absolute Gasteiger partial charge is 0.242 e. The van der Waals surface area contributed by atoms with Crippen LogP contribution in [0.4, 0.5) is 0 Å². The highest BCUT2D eigenvalue weighted by Crippen LogP contribution is 2.24. The lowest BCUT2D eigenvalue weighted by Gasteiger charge is -2.27. The zero-order valence-electron chi connectivity index (χ0n) is 14.3. The van der Waals surface area contributed by atoms with Crippen molar-refractivity contribution in [1.29, 1.82) is 0 Å². The highest BCUT2D eigenvalue weighted by Gasteiger charge is 2.18. The Hall–Kier alpha value is -2.66. The summed E-state index contributed by atoms with van der Waals surface area (Å²) in [7, 11) is 0. The molecule has 4 rings (SSSR count). The molecule has 5 heteroatoms. The molecule has 3 heterocycles. The summed E-state index contributed by atoms with van der Waals surface area (Å²) < 4.78 is 7.30. The lowest BCUT2D eigenvalue weighted by Crippen LogP contribution is -2.42. The first kappa shape index (κ1) is 15.8. The maximum absolute atomic E-state index is 12.5. The second kappa shape index (κ2) is 6.69. The van der Waals surface area contributed by atoms with E-state index in [1.165, 1.54) is 5.56 Å². The van der Waals surface area contributed by atoms with E-state index in [0.29, 0.717) is 32.8 Å². The number of benzene rings is 1. The lowest BCUT2D eigenvalue weighted by atomic mass is 10.1. The van der Waals surface area contributed by atoms with Crippen LogP contribution in [0.25, 0.3) is 22.2 Å². The predicted molar refractivity (Wildman–Crippen MR) is 97.3 cm³/mol. The Balaban J connectivity index is 1.63. The molecule has 1 fully saturated rings. The van der Waals surface area contributed by atoms with Gasteiger partial charge in [0.1, 0.15) is 6.54 Å². The topological polar surface area (TPSA) is 47.4 Å². The minimum absolute atomic E-state index is 0.127. The van der Waals surface area contributed by atoms with Gasteiger partial charge in [-0.15, -0.1) is 0 Å². The molecular formula is C20H21N3O2. The van der Waals surface area contributed by atoms with Crippen LogP contribution in [0.3, 0.4) is 0 Å². The van der Waals surface area contributed by atoms with E-state index in [4.69, 9.17) is 4.74 Å². The molecule has 0 bridgehead atoms. The first-order valence-corrected chi connectivity index (χ1v) is 8.58. The van der Waals surface area contributed by atoms with Crippen LogP contribution in [-0.4, -0.2) is 46.7 Å². The number of pyridine rings is 1. The van der Waals surface area contributed by atoms with Crippen molar-refractivity contribution in [3.05, 3.63) is 54.4 Å². The second-order valence-corrected chi connectivity index (χ2v) is 6.43. The molecule has 0 atom stereocenters. The summed E-state index contributed by atoms with van der Waals surface area (Å²) >= 11 is 0. The molecule has 128 valence electrons. The van der Waals surface area contributed by atoms with Crippen molar-refractivity contribution >= 4 is 16.9 Å². The van der Waals surface area contributed by atoms with Crippen LogP contribution < -0.4 is 0 Å². The molecule has 0 N–H and O–H groups in total. The second-order valence-electron chi connectivity index (χ2n) is 6.43. The molecule has 1 aliphatic heterocycles. The van der Waals surface area contributed by atoms with E-state index < -0.39 is 0 Å². The van der Waals surface area contributed by atoms with Crippen molar-refractivity contribution in [1.82, 2.24) is 14.5 Å². The highest BCUT2D eigenvalue weighted by atomic mass is 16.5. The average molecular weight is 335 g/mol. The fraction of sp³-hybridized carbons (Fsp3) is 0.300. The number of nitrogens with zero attached hydrogens (tertiary/aromatic N) is 3. The Morgan fingerprint density at radius 3 is 2.80 bits per heavy atom. The molecule has 1 aromatic carbocycles. The van der Waals surface area contributed by atoms with E-state index in [9.17, 15) is 4.79 Å². The number of aromatic nitrogens is 2. The highest BCUT2D eigenvalue weighted by molar-refractivity contribution is 5.84. The van der Waals surface area contributed by atoms with Gasteiger partial charge in [0.25, 0.3) is 0 Å². The third kappa shape index (κ3) is 3.28. The van der Waals surface area contributed by atoms with E-state index in [1.807, 2.05) is 27.9 Å². The van der Waals surface area contributed by atoms with Gasteiger partial charge in [-0.1, -0.05) is 29.8 Å². The van der Waals surface area contributed by atoms with Gasteiger partial charge < -0.3 is 14.2 Å². The summed E-state index contributed by atoms with van der Waals surface area (Å²) in [6.07, 6.45) is 3.83. The number of morpholine rings is 1. The largest absolute Gasteiger partial charge is 0.378 e. The van der Waals surface area contributed by atoms with Crippen molar-refractivity contribution in [2.45, 2.75) is 13.5 Å². The fourth-order valence-electron chi connectivity index (χ4n) is 3.24. The van der Waals surface area contributed by atoms with Crippen molar-refractivity contribution in [3.63, 3.8) is 0 Å². The Kier molecular flexibility index (Phi) is 4.24. The first-order valence-electron chi connectivity index (χ1n) is 8.58. The molecular weight excluding hydrogens is 314 g/mol. The number of carbonyl (C=O) groups excluding carboxylic acids is 1. The predicted octanol–water partition coefficient (Wildman–Crippen LogP) is 2.87. The molecule has 0 saturated carbocycles. The van der Waals surface area contributed by atoms with Crippen LogP contribution in [0, 0.1) is 6.92 Å².